The summed E-state index contributed by atoms with van der Waals surface area (Å²) < 4.78 is 50.9. The lowest BCUT2D eigenvalue weighted by atomic mass is 9.76. The summed E-state index contributed by atoms with van der Waals surface area (Å²) in [6.45, 7) is 13.4. The summed E-state index contributed by atoms with van der Waals surface area (Å²) >= 11 is 0. The first kappa shape index (κ1) is 32.4. The lowest BCUT2D eigenvalue weighted by Gasteiger charge is -2.45. The van der Waals surface area contributed by atoms with Gasteiger partial charge in [0.1, 0.15) is 17.3 Å². The second kappa shape index (κ2) is 12.4. The first-order chi connectivity index (χ1) is 21.2. The van der Waals surface area contributed by atoms with Crippen LogP contribution in [0.2, 0.25) is 19.6 Å². The van der Waals surface area contributed by atoms with E-state index in [4.69, 9.17) is 9.52 Å². The Morgan fingerprint density at radius 3 is 1.80 bits per heavy atom. The third-order valence-electron chi connectivity index (χ3n) is 7.89. The summed E-state index contributed by atoms with van der Waals surface area (Å²) in [6.07, 6.45) is 3.04. The molecule has 6 rings (SSSR count). The van der Waals surface area contributed by atoms with Gasteiger partial charge in [-0.25, -0.2) is 4.57 Å². The van der Waals surface area contributed by atoms with E-state index in [2.05, 4.69) is 153 Å². The quantitative estimate of drug-likeness (QED) is 0.106. The van der Waals surface area contributed by atoms with Crippen molar-refractivity contribution < 1.29 is 26.3 Å². The smallest absolute Gasteiger partial charge is 0.418 e. The van der Waals surface area contributed by atoms with Crippen LogP contribution in [0.3, 0.4) is 0 Å². The average Bonchev–Trinajstić information content (AvgIpc) is 3.40. The van der Waals surface area contributed by atoms with Gasteiger partial charge in [0.15, 0.2) is 8.32 Å². The molecule has 10 heteroatoms. The van der Waals surface area contributed by atoms with Gasteiger partial charge in [-0.3, -0.25) is 0 Å². The Hall–Kier alpha value is -4.02. The van der Waals surface area contributed by atoms with E-state index in [1.54, 1.807) is 0 Å². The molecule has 1 aromatic heterocycles. The maximum Gasteiger partial charge on any atom is 0.673 e. The molecule has 45 heavy (non-hydrogen) atoms. The lowest BCUT2D eigenvalue weighted by molar-refractivity contribution is -0.729. The maximum absolute atomic E-state index is 9.75. The SMILES string of the molecule is Cc1cc(C)c(-n2c[n+]3c(n2)-c2ccccc2C[C@H]3C(O[Si](C)(C)C)(c2ccccc2)c2ccccc2)c(C)c1.F[B-](F)(F)F. The van der Waals surface area contributed by atoms with Gasteiger partial charge in [0.2, 0.25) is 6.33 Å². The summed E-state index contributed by atoms with van der Waals surface area (Å²) in [5, 5.41) is 5.30. The number of aromatic nitrogens is 3. The molecular formula is C35H38BF4N3OSi. The van der Waals surface area contributed by atoms with Crippen molar-refractivity contribution in [3.8, 4) is 17.1 Å². The zero-order chi connectivity index (χ0) is 32.6. The molecule has 5 aromatic rings. The van der Waals surface area contributed by atoms with Crippen LogP contribution >= 0.6 is 0 Å². The molecule has 1 aliphatic heterocycles. The fraction of sp³-hybridized carbons (Fsp3) is 0.257. The minimum atomic E-state index is -6.00. The molecule has 0 aliphatic carbocycles. The maximum atomic E-state index is 9.75. The summed E-state index contributed by atoms with van der Waals surface area (Å²) in [4.78, 5) is 0. The Kier molecular flexibility index (Phi) is 8.93. The van der Waals surface area contributed by atoms with Gasteiger partial charge in [-0.1, -0.05) is 101 Å². The van der Waals surface area contributed by atoms with E-state index in [1.807, 2.05) is 0 Å². The van der Waals surface area contributed by atoms with Crippen LogP contribution < -0.4 is 4.57 Å². The van der Waals surface area contributed by atoms with Gasteiger partial charge in [-0.2, -0.15) is 0 Å². The van der Waals surface area contributed by atoms with E-state index in [-0.39, 0.29) is 6.04 Å². The van der Waals surface area contributed by atoms with E-state index in [1.165, 1.54) is 38.9 Å². The first-order valence-electron chi connectivity index (χ1n) is 15.0. The number of nitrogens with zero attached hydrogens (tertiary/aromatic N) is 3. The van der Waals surface area contributed by atoms with Gasteiger partial charge in [0, 0.05) is 6.42 Å². The van der Waals surface area contributed by atoms with E-state index in [0.29, 0.717) is 0 Å². The molecule has 4 aromatic carbocycles. The molecule has 0 fully saturated rings. The van der Waals surface area contributed by atoms with Crippen LogP contribution in [0.15, 0.2) is 103 Å². The van der Waals surface area contributed by atoms with E-state index in [0.717, 1.165) is 17.9 Å². The molecule has 0 amide bonds. The van der Waals surface area contributed by atoms with Gasteiger partial charge >= 0.3 is 13.1 Å². The molecule has 0 bridgehead atoms. The third kappa shape index (κ3) is 6.97. The van der Waals surface area contributed by atoms with Crippen molar-refractivity contribution in [3.05, 3.63) is 137 Å². The van der Waals surface area contributed by atoms with Crippen LogP contribution in [0, 0.1) is 20.8 Å². The van der Waals surface area contributed by atoms with Crippen molar-refractivity contribution in [1.29, 1.82) is 0 Å². The highest BCUT2D eigenvalue weighted by atomic mass is 28.4. The number of aryl methyl sites for hydroxylation is 3. The molecule has 0 N–H and O–H groups in total. The predicted octanol–water partition coefficient (Wildman–Crippen LogP) is 8.94. The molecule has 0 radical (unpaired) electrons. The van der Waals surface area contributed by atoms with Gasteiger partial charge in [-0.15, -0.1) is 0 Å². The first-order valence-corrected chi connectivity index (χ1v) is 18.4. The summed E-state index contributed by atoms with van der Waals surface area (Å²) in [7, 11) is -8.08. The van der Waals surface area contributed by atoms with Crippen molar-refractivity contribution in [1.82, 2.24) is 9.78 Å². The average molecular weight is 632 g/mol. The lowest BCUT2D eigenvalue weighted by Crippen LogP contribution is -2.58. The van der Waals surface area contributed by atoms with Crippen LogP contribution in [-0.2, 0) is 16.4 Å². The zero-order valence-electron chi connectivity index (χ0n) is 26.4. The molecule has 0 saturated heterocycles. The number of hydrogen-bond acceptors (Lipinski definition) is 2. The number of halogens is 4. The van der Waals surface area contributed by atoms with Crippen molar-refractivity contribution in [2.45, 2.75) is 58.5 Å². The van der Waals surface area contributed by atoms with Gasteiger partial charge in [-0.05, 0) is 74.3 Å². The van der Waals surface area contributed by atoms with Gasteiger partial charge in [0.05, 0.1) is 10.7 Å². The van der Waals surface area contributed by atoms with Crippen LogP contribution in [0.25, 0.3) is 17.1 Å². The van der Waals surface area contributed by atoms with Crippen molar-refractivity contribution in [3.63, 3.8) is 0 Å². The predicted molar refractivity (Wildman–Crippen MR) is 174 cm³/mol. The molecule has 234 valence electrons. The summed E-state index contributed by atoms with van der Waals surface area (Å²) in [6, 6.07) is 34.8. The Balaban J connectivity index is 0.000000743. The standard InChI is InChI=1S/C35H38N3OSi.BF4/c1-25-21-26(2)33(27(3)22-25)38-24-37-32(23-28-15-13-14-20-31(28)34(37)36-38)35(39-40(4,5)6,29-16-9-7-10-17-29)30-18-11-8-12-19-30;2-1(3,4)5/h7-22,24,32H,23H2,1-6H3;/q+1;-1/t32-;/m0./s1. The van der Waals surface area contributed by atoms with E-state index in [9.17, 15) is 17.3 Å². The normalized spacial score (nSPS) is 14.7. The number of rotatable bonds is 6. The number of fused-ring (bicyclic) bond motifs is 3. The Bertz CT molecular complexity index is 1720. The minimum Gasteiger partial charge on any atom is -0.418 e. The Morgan fingerprint density at radius 1 is 0.800 bits per heavy atom. The fourth-order valence-electron chi connectivity index (χ4n) is 6.57. The van der Waals surface area contributed by atoms with Crippen molar-refractivity contribution in [2.24, 2.45) is 0 Å². The molecule has 0 unspecified atom stereocenters. The van der Waals surface area contributed by atoms with Crippen LogP contribution in [0.1, 0.15) is 39.4 Å². The van der Waals surface area contributed by atoms with Crippen LogP contribution in [-0.4, -0.2) is 25.4 Å². The van der Waals surface area contributed by atoms with E-state index < -0.39 is 21.2 Å². The highest BCUT2D eigenvalue weighted by Crippen LogP contribution is 2.47. The Morgan fingerprint density at radius 2 is 1.29 bits per heavy atom. The topological polar surface area (TPSA) is 30.9 Å². The van der Waals surface area contributed by atoms with Crippen LogP contribution in [0.4, 0.5) is 17.3 Å². The van der Waals surface area contributed by atoms with Crippen LogP contribution in [0.5, 0.6) is 0 Å². The zero-order valence-corrected chi connectivity index (χ0v) is 27.4. The molecule has 0 spiro atoms. The fourth-order valence-corrected chi connectivity index (χ4v) is 7.91. The number of hydrogen-bond donors (Lipinski definition) is 0. The second-order valence-electron chi connectivity index (χ2n) is 12.6. The summed E-state index contributed by atoms with van der Waals surface area (Å²) in [5.74, 6) is 0.974. The molecule has 1 aliphatic rings. The number of benzene rings is 4. The second-order valence-corrected chi connectivity index (χ2v) is 17.0. The molecule has 2 heterocycles. The van der Waals surface area contributed by atoms with Gasteiger partial charge < -0.3 is 21.7 Å². The molecule has 1 atom stereocenters. The molecule has 4 nitrogen and oxygen atoms in total. The van der Waals surface area contributed by atoms with Crippen molar-refractivity contribution >= 4 is 15.6 Å². The van der Waals surface area contributed by atoms with Crippen molar-refractivity contribution in [2.75, 3.05) is 0 Å². The highest BCUT2D eigenvalue weighted by molar-refractivity contribution is 6.69. The molecule has 0 saturated carbocycles. The van der Waals surface area contributed by atoms with Gasteiger partial charge in [0.25, 0.3) is 0 Å². The third-order valence-corrected chi connectivity index (χ3v) is 8.83. The largest absolute Gasteiger partial charge is 0.673 e. The highest BCUT2D eigenvalue weighted by Gasteiger charge is 2.52. The summed E-state index contributed by atoms with van der Waals surface area (Å²) in [5.41, 5.74) is 8.96. The van der Waals surface area contributed by atoms with E-state index >= 15 is 0 Å². The Labute approximate surface area is 263 Å². The minimum absolute atomic E-state index is 0.0475. The molecular weight excluding hydrogens is 593 g/mol. The monoisotopic (exact) mass is 631 g/mol.